The van der Waals surface area contributed by atoms with Gasteiger partial charge in [0, 0.05) is 6.42 Å². The van der Waals surface area contributed by atoms with E-state index in [2.05, 4.69) is 29.0 Å². The highest BCUT2D eigenvalue weighted by molar-refractivity contribution is 5.75. The maximum Gasteiger partial charge on any atom is 0.303 e. The molecule has 1 saturated carbocycles. The zero-order valence-electron chi connectivity index (χ0n) is 12.5. The van der Waals surface area contributed by atoms with Crippen LogP contribution in [0, 0.1) is 12.3 Å². The van der Waals surface area contributed by atoms with Crippen molar-refractivity contribution in [1.29, 1.82) is 0 Å². The summed E-state index contributed by atoms with van der Waals surface area (Å²) < 4.78 is 0. The standard InChI is InChI=1S/C17H22N2O2/c1-12-5-6-13-14(9-12)19-15(18-13)10-17(11-16(20)21)7-3-2-4-8-17/h5-6,9H,2-4,7-8,10-11H2,1H3,(H,18,19)(H,20,21). The first-order valence-electron chi connectivity index (χ1n) is 7.73. The summed E-state index contributed by atoms with van der Waals surface area (Å²) in [6.45, 7) is 2.06. The third kappa shape index (κ3) is 3.09. The molecule has 1 aromatic heterocycles. The summed E-state index contributed by atoms with van der Waals surface area (Å²) in [4.78, 5) is 19.3. The van der Waals surface area contributed by atoms with Crippen molar-refractivity contribution in [1.82, 2.24) is 9.97 Å². The first-order chi connectivity index (χ1) is 10.1. The van der Waals surface area contributed by atoms with Gasteiger partial charge in [-0.25, -0.2) is 4.98 Å². The van der Waals surface area contributed by atoms with Crippen molar-refractivity contribution < 1.29 is 9.90 Å². The third-order valence-electron chi connectivity index (χ3n) is 4.67. The van der Waals surface area contributed by atoms with Crippen LogP contribution in [0.5, 0.6) is 0 Å². The minimum absolute atomic E-state index is 0.118. The van der Waals surface area contributed by atoms with E-state index in [9.17, 15) is 9.90 Å². The predicted octanol–water partition coefficient (Wildman–Crippen LogP) is 3.84. The van der Waals surface area contributed by atoms with Crippen LogP contribution in [0.15, 0.2) is 18.2 Å². The molecule has 0 saturated heterocycles. The van der Waals surface area contributed by atoms with Gasteiger partial charge in [-0.2, -0.15) is 0 Å². The van der Waals surface area contributed by atoms with Crippen LogP contribution in [0.1, 0.15) is 49.9 Å². The fraction of sp³-hybridized carbons (Fsp3) is 0.529. The average molecular weight is 286 g/mol. The van der Waals surface area contributed by atoms with Gasteiger partial charge in [-0.1, -0.05) is 25.3 Å². The lowest BCUT2D eigenvalue weighted by Gasteiger charge is -2.35. The number of H-pyrrole nitrogens is 1. The van der Waals surface area contributed by atoms with Gasteiger partial charge >= 0.3 is 5.97 Å². The molecule has 21 heavy (non-hydrogen) atoms. The first-order valence-corrected chi connectivity index (χ1v) is 7.73. The number of hydrogen-bond donors (Lipinski definition) is 2. The molecule has 0 amide bonds. The Morgan fingerprint density at radius 2 is 2.10 bits per heavy atom. The SMILES string of the molecule is Cc1ccc2nc(CC3(CC(=O)O)CCCCC3)[nH]c2c1. The zero-order chi connectivity index (χ0) is 14.9. The molecule has 1 aliphatic carbocycles. The van der Waals surface area contributed by atoms with Crippen molar-refractivity contribution in [3.8, 4) is 0 Å². The third-order valence-corrected chi connectivity index (χ3v) is 4.67. The van der Waals surface area contributed by atoms with Gasteiger partial charge in [0.15, 0.2) is 0 Å². The van der Waals surface area contributed by atoms with Crippen molar-refractivity contribution >= 4 is 17.0 Å². The molecule has 3 rings (SSSR count). The lowest BCUT2D eigenvalue weighted by Crippen LogP contribution is -2.30. The Hall–Kier alpha value is -1.84. The van der Waals surface area contributed by atoms with Crippen molar-refractivity contribution in [2.45, 2.75) is 51.9 Å². The van der Waals surface area contributed by atoms with Crippen LogP contribution >= 0.6 is 0 Å². The topological polar surface area (TPSA) is 66.0 Å². The number of aromatic nitrogens is 2. The number of fused-ring (bicyclic) bond motifs is 1. The Morgan fingerprint density at radius 3 is 2.81 bits per heavy atom. The molecule has 0 unspecified atom stereocenters. The van der Waals surface area contributed by atoms with Gasteiger partial charge < -0.3 is 10.1 Å². The lowest BCUT2D eigenvalue weighted by molar-refractivity contribution is -0.140. The number of aromatic amines is 1. The van der Waals surface area contributed by atoms with E-state index >= 15 is 0 Å². The molecule has 0 aliphatic heterocycles. The second kappa shape index (κ2) is 5.51. The fourth-order valence-corrected chi connectivity index (χ4v) is 3.65. The minimum Gasteiger partial charge on any atom is -0.481 e. The summed E-state index contributed by atoms with van der Waals surface area (Å²) >= 11 is 0. The van der Waals surface area contributed by atoms with Crippen LogP contribution in [-0.4, -0.2) is 21.0 Å². The van der Waals surface area contributed by atoms with Crippen LogP contribution in [0.3, 0.4) is 0 Å². The highest BCUT2D eigenvalue weighted by atomic mass is 16.4. The lowest BCUT2D eigenvalue weighted by atomic mass is 9.69. The number of carbonyl (C=O) groups is 1. The van der Waals surface area contributed by atoms with Crippen molar-refractivity contribution in [3.05, 3.63) is 29.6 Å². The number of carboxylic acid groups (broad SMARTS) is 1. The molecule has 112 valence electrons. The average Bonchev–Trinajstić information content (AvgIpc) is 2.79. The Labute approximate surface area is 124 Å². The van der Waals surface area contributed by atoms with E-state index in [1.807, 2.05) is 6.07 Å². The second-order valence-corrected chi connectivity index (χ2v) is 6.51. The number of hydrogen-bond acceptors (Lipinski definition) is 2. The largest absolute Gasteiger partial charge is 0.481 e. The van der Waals surface area contributed by atoms with Crippen LogP contribution in [0.2, 0.25) is 0 Å². The molecule has 0 spiro atoms. The van der Waals surface area contributed by atoms with E-state index < -0.39 is 5.97 Å². The Bertz CT molecular complexity index is 654. The molecular weight excluding hydrogens is 264 g/mol. The Balaban J connectivity index is 1.88. The Kier molecular flexibility index (Phi) is 3.70. The van der Waals surface area contributed by atoms with Gasteiger partial charge in [-0.15, -0.1) is 0 Å². The summed E-state index contributed by atoms with van der Waals surface area (Å²) in [5, 5.41) is 9.25. The summed E-state index contributed by atoms with van der Waals surface area (Å²) in [5.41, 5.74) is 3.10. The van der Waals surface area contributed by atoms with Crippen LogP contribution in [0.4, 0.5) is 0 Å². The van der Waals surface area contributed by atoms with Gasteiger partial charge in [0.25, 0.3) is 0 Å². The molecule has 4 heteroatoms. The number of carboxylic acids is 1. The smallest absolute Gasteiger partial charge is 0.303 e. The molecule has 0 radical (unpaired) electrons. The fourth-order valence-electron chi connectivity index (χ4n) is 3.65. The van der Waals surface area contributed by atoms with Gasteiger partial charge in [-0.3, -0.25) is 4.79 Å². The molecule has 0 bridgehead atoms. The van der Waals surface area contributed by atoms with Crippen molar-refractivity contribution in [2.75, 3.05) is 0 Å². The molecule has 1 aliphatic rings. The number of rotatable bonds is 4. The summed E-state index contributed by atoms with van der Waals surface area (Å²) in [5.74, 6) is 0.239. The molecule has 2 N–H and O–H groups in total. The van der Waals surface area contributed by atoms with E-state index in [1.165, 1.54) is 12.0 Å². The highest BCUT2D eigenvalue weighted by Crippen LogP contribution is 2.41. The highest BCUT2D eigenvalue weighted by Gasteiger charge is 2.35. The number of benzene rings is 1. The normalized spacial score (nSPS) is 18.0. The maximum atomic E-state index is 11.2. The number of nitrogens with one attached hydrogen (secondary N) is 1. The number of nitrogens with zero attached hydrogens (tertiary/aromatic N) is 1. The van der Waals surface area contributed by atoms with E-state index in [1.54, 1.807) is 0 Å². The maximum absolute atomic E-state index is 11.2. The monoisotopic (exact) mass is 286 g/mol. The molecular formula is C17H22N2O2. The van der Waals surface area contributed by atoms with E-state index in [4.69, 9.17) is 0 Å². The van der Waals surface area contributed by atoms with E-state index in [0.29, 0.717) is 0 Å². The molecule has 1 fully saturated rings. The van der Waals surface area contributed by atoms with Gasteiger partial charge in [0.05, 0.1) is 17.5 Å². The van der Waals surface area contributed by atoms with Crippen molar-refractivity contribution in [3.63, 3.8) is 0 Å². The predicted molar refractivity (Wildman–Crippen MR) is 82.3 cm³/mol. The van der Waals surface area contributed by atoms with Crippen LogP contribution < -0.4 is 0 Å². The van der Waals surface area contributed by atoms with Gasteiger partial charge in [0.2, 0.25) is 0 Å². The van der Waals surface area contributed by atoms with Gasteiger partial charge in [-0.05, 0) is 42.9 Å². The van der Waals surface area contributed by atoms with E-state index in [-0.39, 0.29) is 11.8 Å². The van der Waals surface area contributed by atoms with Gasteiger partial charge in [0.1, 0.15) is 5.82 Å². The first kappa shape index (κ1) is 14.1. The second-order valence-electron chi connectivity index (χ2n) is 6.51. The summed E-state index contributed by atoms with van der Waals surface area (Å²) in [6.07, 6.45) is 6.47. The number of aryl methyl sites for hydroxylation is 1. The molecule has 1 aromatic carbocycles. The number of imidazole rings is 1. The zero-order valence-corrected chi connectivity index (χ0v) is 12.5. The molecule has 2 aromatic rings. The molecule has 0 atom stereocenters. The summed E-state index contributed by atoms with van der Waals surface area (Å²) in [7, 11) is 0. The molecule has 4 nitrogen and oxygen atoms in total. The quantitative estimate of drug-likeness (QED) is 0.897. The van der Waals surface area contributed by atoms with Crippen LogP contribution in [0.25, 0.3) is 11.0 Å². The van der Waals surface area contributed by atoms with E-state index in [0.717, 1.165) is 49.0 Å². The van der Waals surface area contributed by atoms with Crippen LogP contribution in [-0.2, 0) is 11.2 Å². The Morgan fingerprint density at radius 1 is 1.33 bits per heavy atom. The number of aliphatic carboxylic acids is 1. The summed E-state index contributed by atoms with van der Waals surface area (Å²) in [6, 6.07) is 6.17. The van der Waals surface area contributed by atoms with Crippen molar-refractivity contribution in [2.24, 2.45) is 5.41 Å². The minimum atomic E-state index is -0.691. The molecule has 1 heterocycles.